The molecule has 0 radical (unpaired) electrons. The zero-order chi connectivity index (χ0) is 13.8. The van der Waals surface area contributed by atoms with Gasteiger partial charge in [-0.2, -0.15) is 0 Å². The first-order valence-corrected chi connectivity index (χ1v) is 6.94. The molecular formula is C14H15BrFN3. The summed E-state index contributed by atoms with van der Waals surface area (Å²) in [5, 5.41) is 3.01. The minimum atomic E-state index is -0.312. The van der Waals surface area contributed by atoms with Gasteiger partial charge in [0.05, 0.1) is 4.47 Å². The van der Waals surface area contributed by atoms with E-state index < -0.39 is 0 Å². The van der Waals surface area contributed by atoms with E-state index in [1.54, 1.807) is 12.1 Å². The predicted octanol–water partition coefficient (Wildman–Crippen LogP) is 4.04. The van der Waals surface area contributed by atoms with Crippen LogP contribution in [0.3, 0.4) is 0 Å². The summed E-state index contributed by atoms with van der Waals surface area (Å²) >= 11 is 3.14. The highest BCUT2D eigenvalue weighted by atomic mass is 79.9. The monoisotopic (exact) mass is 323 g/mol. The SMILES string of the molecule is CCCc1cc(NC)nc(-c2ccc(Br)c(F)c2)n1. The zero-order valence-corrected chi connectivity index (χ0v) is 12.5. The Kier molecular flexibility index (Phi) is 4.47. The summed E-state index contributed by atoms with van der Waals surface area (Å²) in [7, 11) is 1.81. The number of halogens is 2. The van der Waals surface area contributed by atoms with Crippen molar-refractivity contribution in [3.63, 3.8) is 0 Å². The highest BCUT2D eigenvalue weighted by Crippen LogP contribution is 2.23. The van der Waals surface area contributed by atoms with E-state index in [0.29, 0.717) is 15.9 Å². The van der Waals surface area contributed by atoms with Gasteiger partial charge in [-0.3, -0.25) is 0 Å². The van der Waals surface area contributed by atoms with Gasteiger partial charge in [0.1, 0.15) is 11.6 Å². The Morgan fingerprint density at radius 1 is 1.26 bits per heavy atom. The molecule has 0 spiro atoms. The van der Waals surface area contributed by atoms with Crippen molar-refractivity contribution in [2.24, 2.45) is 0 Å². The maximum atomic E-state index is 13.6. The van der Waals surface area contributed by atoms with Gasteiger partial charge < -0.3 is 5.32 Å². The molecule has 0 aliphatic rings. The second kappa shape index (κ2) is 6.10. The number of nitrogens with one attached hydrogen (secondary N) is 1. The molecule has 2 rings (SSSR count). The lowest BCUT2D eigenvalue weighted by Crippen LogP contribution is -2.01. The fourth-order valence-corrected chi connectivity index (χ4v) is 2.02. The van der Waals surface area contributed by atoms with Crippen LogP contribution in [0.15, 0.2) is 28.7 Å². The van der Waals surface area contributed by atoms with Crippen molar-refractivity contribution in [1.82, 2.24) is 9.97 Å². The van der Waals surface area contributed by atoms with Crippen molar-refractivity contribution in [2.45, 2.75) is 19.8 Å². The van der Waals surface area contributed by atoms with Gasteiger partial charge in [-0.15, -0.1) is 0 Å². The molecule has 1 heterocycles. The van der Waals surface area contributed by atoms with Gasteiger partial charge in [0.15, 0.2) is 5.82 Å². The first kappa shape index (κ1) is 13.9. The molecule has 0 saturated heterocycles. The maximum Gasteiger partial charge on any atom is 0.161 e. The van der Waals surface area contributed by atoms with Crippen LogP contribution in [0.5, 0.6) is 0 Å². The highest BCUT2D eigenvalue weighted by Gasteiger charge is 2.08. The molecular weight excluding hydrogens is 309 g/mol. The number of aryl methyl sites for hydroxylation is 1. The molecule has 3 nitrogen and oxygen atoms in total. The van der Waals surface area contributed by atoms with Gasteiger partial charge in [0.2, 0.25) is 0 Å². The van der Waals surface area contributed by atoms with Gasteiger partial charge in [-0.1, -0.05) is 13.3 Å². The van der Waals surface area contributed by atoms with Crippen molar-refractivity contribution in [1.29, 1.82) is 0 Å². The standard InChI is InChI=1S/C14H15BrFN3/c1-3-4-10-8-13(17-2)19-14(18-10)9-5-6-11(15)12(16)7-9/h5-8H,3-4H2,1-2H3,(H,17,18,19). The Morgan fingerprint density at radius 3 is 2.68 bits per heavy atom. The van der Waals surface area contributed by atoms with Crippen LogP contribution in [0.25, 0.3) is 11.4 Å². The lowest BCUT2D eigenvalue weighted by atomic mass is 10.2. The minimum Gasteiger partial charge on any atom is -0.373 e. The Labute approximate surface area is 120 Å². The largest absolute Gasteiger partial charge is 0.373 e. The van der Waals surface area contributed by atoms with E-state index in [2.05, 4.69) is 38.1 Å². The number of hydrogen-bond acceptors (Lipinski definition) is 3. The van der Waals surface area contributed by atoms with Crippen molar-refractivity contribution in [2.75, 3.05) is 12.4 Å². The van der Waals surface area contributed by atoms with Crippen molar-refractivity contribution in [3.8, 4) is 11.4 Å². The van der Waals surface area contributed by atoms with Crippen LogP contribution >= 0.6 is 15.9 Å². The van der Waals surface area contributed by atoms with E-state index in [0.717, 1.165) is 24.4 Å². The first-order chi connectivity index (χ1) is 9.13. The van der Waals surface area contributed by atoms with Crippen LogP contribution in [0, 0.1) is 5.82 Å². The average molecular weight is 324 g/mol. The summed E-state index contributed by atoms with van der Waals surface area (Å²) in [4.78, 5) is 8.85. The third-order valence-electron chi connectivity index (χ3n) is 2.72. The highest BCUT2D eigenvalue weighted by molar-refractivity contribution is 9.10. The second-order valence-corrected chi connectivity index (χ2v) is 5.05. The molecule has 0 atom stereocenters. The zero-order valence-electron chi connectivity index (χ0n) is 10.9. The van der Waals surface area contributed by atoms with Crippen LogP contribution in [-0.4, -0.2) is 17.0 Å². The van der Waals surface area contributed by atoms with Crippen LogP contribution in [0.2, 0.25) is 0 Å². The number of anilines is 1. The Bertz CT molecular complexity index is 587. The maximum absolute atomic E-state index is 13.6. The Balaban J connectivity index is 2.47. The van der Waals surface area contributed by atoms with Gasteiger partial charge in [-0.05, 0) is 40.5 Å². The van der Waals surface area contributed by atoms with Crippen molar-refractivity contribution >= 4 is 21.7 Å². The van der Waals surface area contributed by atoms with Gasteiger partial charge in [0.25, 0.3) is 0 Å². The summed E-state index contributed by atoms with van der Waals surface area (Å²) in [5.41, 5.74) is 1.63. The summed E-state index contributed by atoms with van der Waals surface area (Å²) in [6.07, 6.45) is 1.89. The van der Waals surface area contributed by atoms with E-state index in [1.165, 1.54) is 6.07 Å². The molecule has 19 heavy (non-hydrogen) atoms. The van der Waals surface area contributed by atoms with E-state index in [9.17, 15) is 4.39 Å². The summed E-state index contributed by atoms with van der Waals surface area (Å²) < 4.78 is 14.0. The summed E-state index contributed by atoms with van der Waals surface area (Å²) in [5.74, 6) is 0.978. The molecule has 1 aromatic heterocycles. The molecule has 100 valence electrons. The topological polar surface area (TPSA) is 37.8 Å². The van der Waals surface area contributed by atoms with Gasteiger partial charge in [-0.25, -0.2) is 14.4 Å². The normalized spacial score (nSPS) is 10.5. The van der Waals surface area contributed by atoms with E-state index >= 15 is 0 Å². The fraction of sp³-hybridized carbons (Fsp3) is 0.286. The van der Waals surface area contributed by atoms with Crippen LogP contribution < -0.4 is 5.32 Å². The Morgan fingerprint density at radius 2 is 2.05 bits per heavy atom. The minimum absolute atomic E-state index is 0.312. The smallest absolute Gasteiger partial charge is 0.161 e. The van der Waals surface area contributed by atoms with Crippen LogP contribution in [0.4, 0.5) is 10.2 Å². The van der Waals surface area contributed by atoms with E-state index in [4.69, 9.17) is 0 Å². The summed E-state index contributed by atoms with van der Waals surface area (Å²) in [6.45, 7) is 2.10. The molecule has 0 fully saturated rings. The molecule has 0 unspecified atom stereocenters. The third-order valence-corrected chi connectivity index (χ3v) is 3.36. The Hall–Kier alpha value is -1.49. The quantitative estimate of drug-likeness (QED) is 0.922. The predicted molar refractivity (Wildman–Crippen MR) is 78.7 cm³/mol. The molecule has 0 aliphatic heterocycles. The first-order valence-electron chi connectivity index (χ1n) is 6.15. The van der Waals surface area contributed by atoms with E-state index in [1.807, 2.05) is 13.1 Å². The number of benzene rings is 1. The fourth-order valence-electron chi connectivity index (χ4n) is 1.77. The molecule has 1 N–H and O–H groups in total. The average Bonchev–Trinajstić information content (AvgIpc) is 2.42. The lowest BCUT2D eigenvalue weighted by Gasteiger charge is -2.08. The van der Waals surface area contributed by atoms with Crippen molar-refractivity contribution < 1.29 is 4.39 Å². The van der Waals surface area contributed by atoms with Crippen LogP contribution in [0.1, 0.15) is 19.0 Å². The summed E-state index contributed by atoms with van der Waals surface area (Å²) in [6, 6.07) is 6.83. The van der Waals surface area contributed by atoms with Crippen molar-refractivity contribution in [3.05, 3.63) is 40.2 Å². The number of aromatic nitrogens is 2. The molecule has 0 bridgehead atoms. The molecule has 5 heteroatoms. The molecule has 0 aliphatic carbocycles. The second-order valence-electron chi connectivity index (χ2n) is 4.20. The number of hydrogen-bond donors (Lipinski definition) is 1. The van der Waals surface area contributed by atoms with Gasteiger partial charge in [0, 0.05) is 24.4 Å². The molecule has 2 aromatic rings. The molecule has 0 amide bonds. The third kappa shape index (κ3) is 3.29. The number of rotatable bonds is 4. The van der Waals surface area contributed by atoms with E-state index in [-0.39, 0.29) is 5.82 Å². The number of nitrogens with zero attached hydrogens (tertiary/aromatic N) is 2. The lowest BCUT2D eigenvalue weighted by molar-refractivity contribution is 0.621. The van der Waals surface area contributed by atoms with Gasteiger partial charge >= 0.3 is 0 Å². The molecule has 1 aromatic carbocycles. The molecule has 0 saturated carbocycles. The van der Waals surface area contributed by atoms with Crippen LogP contribution in [-0.2, 0) is 6.42 Å².